The van der Waals surface area contributed by atoms with E-state index < -0.39 is 29.5 Å². The van der Waals surface area contributed by atoms with Crippen molar-refractivity contribution in [1.82, 2.24) is 4.90 Å². The molecule has 1 fully saturated rings. The number of carbonyl (C=O) groups is 4. The van der Waals surface area contributed by atoms with Gasteiger partial charge in [0.2, 0.25) is 5.91 Å². The topological polar surface area (TPSA) is 123 Å². The highest BCUT2D eigenvalue weighted by molar-refractivity contribution is 8.18. The van der Waals surface area contributed by atoms with E-state index in [0.29, 0.717) is 34.4 Å². The summed E-state index contributed by atoms with van der Waals surface area (Å²) in [7, 11) is 2.93. The van der Waals surface area contributed by atoms with Gasteiger partial charge in [-0.3, -0.25) is 24.1 Å². The van der Waals surface area contributed by atoms with Crippen LogP contribution >= 0.6 is 23.4 Å². The molecule has 0 saturated carbocycles. The highest BCUT2D eigenvalue weighted by atomic mass is 35.5. The van der Waals surface area contributed by atoms with Crippen molar-refractivity contribution in [3.8, 4) is 17.2 Å². The van der Waals surface area contributed by atoms with Crippen molar-refractivity contribution < 1.29 is 33.4 Å². The Morgan fingerprint density at radius 3 is 2.27 bits per heavy atom. The molecule has 4 amide bonds. The van der Waals surface area contributed by atoms with E-state index in [1.54, 1.807) is 54.6 Å². The molecule has 206 valence electrons. The average Bonchev–Trinajstić information content (AvgIpc) is 3.20. The molecule has 40 heavy (non-hydrogen) atoms. The summed E-state index contributed by atoms with van der Waals surface area (Å²) in [5, 5.41) is 4.90. The van der Waals surface area contributed by atoms with Gasteiger partial charge in [-0.25, -0.2) is 0 Å². The van der Waals surface area contributed by atoms with E-state index in [1.165, 1.54) is 26.4 Å². The molecule has 1 aliphatic heterocycles. The Morgan fingerprint density at radius 1 is 0.925 bits per heavy atom. The second-order valence-corrected chi connectivity index (χ2v) is 9.68. The van der Waals surface area contributed by atoms with Gasteiger partial charge in [0.25, 0.3) is 17.1 Å². The molecule has 0 radical (unpaired) electrons. The third-order valence-electron chi connectivity index (χ3n) is 5.50. The zero-order valence-electron chi connectivity index (χ0n) is 21.4. The molecule has 0 unspecified atom stereocenters. The number of thioether (sulfide) groups is 1. The van der Waals surface area contributed by atoms with E-state index in [1.807, 2.05) is 6.07 Å². The Balaban J connectivity index is 1.41. The maximum absolute atomic E-state index is 12.9. The summed E-state index contributed by atoms with van der Waals surface area (Å²) in [6.45, 7) is -0.766. The van der Waals surface area contributed by atoms with Crippen LogP contribution < -0.4 is 24.8 Å². The van der Waals surface area contributed by atoms with Crippen molar-refractivity contribution >= 4 is 63.8 Å². The Hall–Kier alpha value is -4.48. The summed E-state index contributed by atoms with van der Waals surface area (Å²) in [4.78, 5) is 51.1. The number of amides is 4. The van der Waals surface area contributed by atoms with Gasteiger partial charge in [0.1, 0.15) is 12.3 Å². The van der Waals surface area contributed by atoms with Crippen LogP contribution in [0.5, 0.6) is 17.2 Å². The van der Waals surface area contributed by atoms with Gasteiger partial charge in [0.15, 0.2) is 18.1 Å². The number of hydrogen-bond donors (Lipinski definition) is 2. The maximum Gasteiger partial charge on any atom is 0.294 e. The molecule has 3 aromatic carbocycles. The lowest BCUT2D eigenvalue weighted by Crippen LogP contribution is -2.36. The van der Waals surface area contributed by atoms with E-state index in [9.17, 15) is 19.2 Å². The number of anilines is 2. The largest absolute Gasteiger partial charge is 0.497 e. The summed E-state index contributed by atoms with van der Waals surface area (Å²) in [6.07, 6.45) is 1.46. The summed E-state index contributed by atoms with van der Waals surface area (Å²) in [6, 6.07) is 18.6. The fourth-order valence-corrected chi connectivity index (χ4v) is 4.74. The zero-order valence-corrected chi connectivity index (χ0v) is 23.0. The Kier molecular flexibility index (Phi) is 9.31. The first-order chi connectivity index (χ1) is 19.3. The van der Waals surface area contributed by atoms with E-state index in [-0.39, 0.29) is 28.0 Å². The lowest BCUT2D eigenvalue weighted by Gasteiger charge is -2.14. The quantitative estimate of drug-likeness (QED) is 0.319. The molecule has 1 aliphatic rings. The van der Waals surface area contributed by atoms with Gasteiger partial charge in [-0.15, -0.1) is 0 Å². The zero-order chi connectivity index (χ0) is 28.6. The van der Waals surface area contributed by atoms with E-state index in [0.717, 1.165) is 4.90 Å². The van der Waals surface area contributed by atoms with Gasteiger partial charge < -0.3 is 24.8 Å². The van der Waals surface area contributed by atoms with E-state index >= 15 is 0 Å². The number of nitrogens with one attached hydrogen (secondary N) is 2. The number of methoxy groups -OCH3 is 2. The van der Waals surface area contributed by atoms with Crippen molar-refractivity contribution in [1.29, 1.82) is 0 Å². The molecular weight excluding hydrogens is 558 g/mol. The first kappa shape index (κ1) is 28.5. The van der Waals surface area contributed by atoms with Gasteiger partial charge in [0, 0.05) is 11.4 Å². The van der Waals surface area contributed by atoms with Crippen molar-refractivity contribution in [2.24, 2.45) is 0 Å². The minimum Gasteiger partial charge on any atom is -0.497 e. The maximum atomic E-state index is 12.9. The molecule has 1 saturated heterocycles. The predicted octanol–water partition coefficient (Wildman–Crippen LogP) is 5.05. The summed E-state index contributed by atoms with van der Waals surface area (Å²) < 4.78 is 16.1. The van der Waals surface area contributed by atoms with Crippen molar-refractivity contribution in [3.63, 3.8) is 0 Å². The van der Waals surface area contributed by atoms with Crippen LogP contribution in [0, 0.1) is 0 Å². The Labute approximate surface area is 239 Å². The van der Waals surface area contributed by atoms with Crippen LogP contribution in [0.1, 0.15) is 5.56 Å². The second-order valence-electron chi connectivity index (χ2n) is 8.28. The van der Waals surface area contributed by atoms with Crippen LogP contribution in [0.25, 0.3) is 6.08 Å². The number of ether oxygens (including phenoxy) is 3. The fourth-order valence-electron chi connectivity index (χ4n) is 3.63. The van der Waals surface area contributed by atoms with Crippen molar-refractivity contribution in [2.75, 3.05) is 38.0 Å². The lowest BCUT2D eigenvalue weighted by atomic mass is 10.1. The van der Waals surface area contributed by atoms with Gasteiger partial charge in [0.05, 0.1) is 24.1 Å². The molecule has 0 aromatic heterocycles. The number of nitrogens with zero attached hydrogens (tertiary/aromatic N) is 1. The van der Waals surface area contributed by atoms with E-state index in [4.69, 9.17) is 25.8 Å². The average molecular weight is 582 g/mol. The third-order valence-corrected chi connectivity index (χ3v) is 6.69. The molecular formula is C28H24ClN3O7S. The van der Waals surface area contributed by atoms with E-state index in [2.05, 4.69) is 10.6 Å². The normalized spacial score (nSPS) is 13.8. The standard InChI is InChI=1S/C28H24ClN3O7S/c1-37-20-10-8-19(9-11-20)30-24(33)15-32-27(35)23(40-28(32)36)14-17-12-21(29)26(22(13-17)38-2)39-16-25(34)31-18-6-4-3-5-7-18/h3-14H,15-16H2,1-2H3,(H,30,33)(H,31,34)/b23-14+. The van der Waals surface area contributed by atoms with Crippen LogP contribution in [0.3, 0.4) is 0 Å². The lowest BCUT2D eigenvalue weighted by molar-refractivity contribution is -0.127. The summed E-state index contributed by atoms with van der Waals surface area (Å²) >= 11 is 7.11. The van der Waals surface area contributed by atoms with Gasteiger partial charge in [-0.2, -0.15) is 0 Å². The second kappa shape index (κ2) is 13.0. The van der Waals surface area contributed by atoms with Gasteiger partial charge in [-0.05, 0) is 71.9 Å². The molecule has 3 aromatic rings. The molecule has 0 aliphatic carbocycles. The highest BCUT2D eigenvalue weighted by Gasteiger charge is 2.36. The van der Waals surface area contributed by atoms with Crippen LogP contribution in [-0.2, 0) is 14.4 Å². The molecule has 4 rings (SSSR count). The Morgan fingerprint density at radius 2 is 1.60 bits per heavy atom. The molecule has 0 bridgehead atoms. The number of carbonyl (C=O) groups excluding carboxylic acids is 4. The molecule has 10 nitrogen and oxygen atoms in total. The van der Waals surface area contributed by atoms with Crippen LogP contribution in [0.4, 0.5) is 16.2 Å². The number of para-hydroxylation sites is 1. The van der Waals surface area contributed by atoms with Gasteiger partial charge >= 0.3 is 0 Å². The number of halogens is 1. The first-order valence-electron chi connectivity index (χ1n) is 11.8. The third kappa shape index (κ3) is 7.13. The predicted molar refractivity (Wildman–Crippen MR) is 153 cm³/mol. The molecule has 1 heterocycles. The first-order valence-corrected chi connectivity index (χ1v) is 13.0. The SMILES string of the molecule is COc1ccc(NC(=O)CN2C(=O)S/C(=C/c3cc(Cl)c(OCC(=O)Nc4ccccc4)c(OC)c3)C2=O)cc1. The van der Waals surface area contributed by atoms with Crippen molar-refractivity contribution in [2.45, 2.75) is 0 Å². The number of benzene rings is 3. The molecule has 0 atom stereocenters. The highest BCUT2D eigenvalue weighted by Crippen LogP contribution is 2.39. The Bertz CT molecular complexity index is 1460. The van der Waals surface area contributed by atoms with Crippen molar-refractivity contribution in [3.05, 3.63) is 82.2 Å². The summed E-state index contributed by atoms with van der Waals surface area (Å²) in [5.41, 5.74) is 1.57. The number of hydrogen-bond acceptors (Lipinski definition) is 8. The molecule has 0 spiro atoms. The monoisotopic (exact) mass is 581 g/mol. The molecule has 12 heteroatoms. The fraction of sp³-hybridized carbons (Fsp3) is 0.143. The number of imide groups is 1. The summed E-state index contributed by atoms with van der Waals surface area (Å²) in [5.74, 6) is -0.543. The number of rotatable bonds is 10. The minimum atomic E-state index is -0.618. The van der Waals surface area contributed by atoms with Crippen LogP contribution in [-0.4, -0.2) is 55.2 Å². The van der Waals surface area contributed by atoms with Crippen LogP contribution in [0.2, 0.25) is 5.02 Å². The smallest absolute Gasteiger partial charge is 0.294 e. The van der Waals surface area contributed by atoms with Gasteiger partial charge in [-0.1, -0.05) is 29.8 Å². The minimum absolute atomic E-state index is 0.108. The molecule has 2 N–H and O–H groups in total. The van der Waals surface area contributed by atoms with Crippen LogP contribution in [0.15, 0.2) is 71.6 Å².